The predicted molar refractivity (Wildman–Crippen MR) is 77.3 cm³/mol. The molecule has 19 heavy (non-hydrogen) atoms. The first-order chi connectivity index (χ1) is 8.90. The van der Waals surface area contributed by atoms with E-state index in [1.807, 2.05) is 13.8 Å². The normalized spacial score (nSPS) is 12.1. The number of thiol groups is 1. The molecule has 0 unspecified atom stereocenters. The molecule has 0 aliphatic carbocycles. The van der Waals surface area contributed by atoms with Gasteiger partial charge in [0.25, 0.3) is 0 Å². The van der Waals surface area contributed by atoms with Crippen LogP contribution in [0.15, 0.2) is 23.1 Å². The van der Waals surface area contributed by atoms with Gasteiger partial charge in [-0.15, -0.1) is 12.6 Å². The van der Waals surface area contributed by atoms with E-state index in [9.17, 15) is 9.18 Å². The quantitative estimate of drug-likeness (QED) is 0.503. The first kappa shape index (κ1) is 15.4. The second-order valence-electron chi connectivity index (χ2n) is 4.32. The summed E-state index contributed by atoms with van der Waals surface area (Å²) in [5.41, 5.74) is 1.04. The number of esters is 1. The Bertz CT molecular complexity index is 538. The lowest BCUT2D eigenvalue weighted by atomic mass is 10.00. The van der Waals surface area contributed by atoms with Crippen molar-refractivity contribution >= 4 is 30.4 Å². The van der Waals surface area contributed by atoms with Crippen molar-refractivity contribution < 1.29 is 13.9 Å². The fourth-order valence-electron chi connectivity index (χ4n) is 1.60. The molecule has 0 saturated heterocycles. The van der Waals surface area contributed by atoms with Crippen molar-refractivity contribution in [2.45, 2.75) is 13.8 Å². The van der Waals surface area contributed by atoms with Crippen LogP contribution in [0, 0.1) is 17.1 Å². The van der Waals surface area contributed by atoms with Crippen LogP contribution in [0.5, 0.6) is 0 Å². The van der Waals surface area contributed by atoms with Crippen molar-refractivity contribution in [3.8, 4) is 0 Å². The Morgan fingerprint density at radius 2 is 1.95 bits per heavy atom. The fourth-order valence-corrected chi connectivity index (χ4v) is 1.79. The molecule has 0 radical (unpaired) electrons. The molecule has 1 aromatic carbocycles. The lowest BCUT2D eigenvalue weighted by Gasteiger charge is -2.11. The minimum atomic E-state index is -0.615. The standard InChI is InChI=1S/C14H16FNO2S/c1-8(2)13(19)12(7-16)9-4-10(14(17)18-3)6-11(15)5-9/h4-8,16,19H,1-3H3/b13-12+,16-7?. The minimum Gasteiger partial charge on any atom is -0.465 e. The van der Waals surface area contributed by atoms with Gasteiger partial charge in [0.2, 0.25) is 0 Å². The van der Waals surface area contributed by atoms with Crippen LogP contribution in [-0.2, 0) is 4.74 Å². The molecule has 0 bridgehead atoms. The number of hydrogen-bond acceptors (Lipinski definition) is 4. The maximum absolute atomic E-state index is 13.6. The second-order valence-corrected chi connectivity index (χ2v) is 4.80. The van der Waals surface area contributed by atoms with Gasteiger partial charge < -0.3 is 10.1 Å². The number of hydrogen-bond donors (Lipinski definition) is 2. The molecule has 102 valence electrons. The largest absolute Gasteiger partial charge is 0.465 e. The van der Waals surface area contributed by atoms with E-state index in [-0.39, 0.29) is 11.5 Å². The second kappa shape index (κ2) is 6.52. The topological polar surface area (TPSA) is 50.2 Å². The summed E-state index contributed by atoms with van der Waals surface area (Å²) < 4.78 is 18.1. The summed E-state index contributed by atoms with van der Waals surface area (Å²) in [6.45, 7) is 3.85. The average Bonchev–Trinajstić information content (AvgIpc) is 2.37. The van der Waals surface area contributed by atoms with Gasteiger partial charge in [0.15, 0.2) is 0 Å². The SMILES string of the molecule is COC(=O)c1cc(F)cc(/C(C=N)=C(/S)C(C)C)c1. The van der Waals surface area contributed by atoms with Gasteiger partial charge in [0, 0.05) is 11.8 Å². The monoisotopic (exact) mass is 281 g/mol. The lowest BCUT2D eigenvalue weighted by molar-refractivity contribution is 0.0600. The molecule has 0 aliphatic rings. The van der Waals surface area contributed by atoms with Crippen molar-refractivity contribution in [3.05, 3.63) is 40.0 Å². The molecule has 1 rings (SSSR count). The molecule has 5 heteroatoms. The highest BCUT2D eigenvalue weighted by atomic mass is 32.1. The summed E-state index contributed by atoms with van der Waals surface area (Å²) in [5, 5.41) is 7.44. The number of carbonyl (C=O) groups is 1. The van der Waals surface area contributed by atoms with Crippen molar-refractivity contribution in [3.63, 3.8) is 0 Å². The summed E-state index contributed by atoms with van der Waals surface area (Å²) in [4.78, 5) is 12.1. The van der Waals surface area contributed by atoms with Gasteiger partial charge in [-0.3, -0.25) is 0 Å². The van der Waals surface area contributed by atoms with Gasteiger partial charge in [-0.2, -0.15) is 0 Å². The van der Waals surface area contributed by atoms with Crippen LogP contribution in [-0.4, -0.2) is 19.3 Å². The van der Waals surface area contributed by atoms with Gasteiger partial charge in [-0.25, -0.2) is 9.18 Å². The van der Waals surface area contributed by atoms with Crippen LogP contribution >= 0.6 is 12.6 Å². The van der Waals surface area contributed by atoms with E-state index in [0.717, 1.165) is 12.3 Å². The van der Waals surface area contributed by atoms with E-state index >= 15 is 0 Å². The van der Waals surface area contributed by atoms with Crippen LogP contribution in [0.3, 0.4) is 0 Å². The Balaban J connectivity index is 3.42. The van der Waals surface area contributed by atoms with Crippen LogP contribution in [0.25, 0.3) is 5.57 Å². The van der Waals surface area contributed by atoms with Gasteiger partial charge in [0.1, 0.15) is 5.82 Å². The smallest absolute Gasteiger partial charge is 0.337 e. The average molecular weight is 281 g/mol. The van der Waals surface area contributed by atoms with Crippen molar-refractivity contribution in [2.24, 2.45) is 5.92 Å². The Hall–Kier alpha value is -1.62. The molecule has 3 nitrogen and oxygen atoms in total. The van der Waals surface area contributed by atoms with E-state index in [4.69, 9.17) is 5.41 Å². The molecule has 0 aliphatic heterocycles. The molecule has 1 N–H and O–H groups in total. The maximum Gasteiger partial charge on any atom is 0.337 e. The molecule has 0 amide bonds. The Morgan fingerprint density at radius 1 is 1.37 bits per heavy atom. The highest BCUT2D eigenvalue weighted by Gasteiger charge is 2.13. The zero-order valence-corrected chi connectivity index (χ0v) is 11.9. The number of rotatable bonds is 4. The summed E-state index contributed by atoms with van der Waals surface area (Å²) in [5.74, 6) is -1.07. The number of halogens is 1. The van der Waals surface area contributed by atoms with Crippen LogP contribution in [0.1, 0.15) is 29.8 Å². The number of methoxy groups -OCH3 is 1. The Labute approximate surface area is 117 Å². The first-order valence-corrected chi connectivity index (χ1v) is 6.18. The predicted octanol–water partition coefficient (Wildman–Crippen LogP) is 3.56. The van der Waals surface area contributed by atoms with Crippen LogP contribution in [0.2, 0.25) is 0 Å². The van der Waals surface area contributed by atoms with Gasteiger partial charge in [-0.05, 0) is 34.6 Å². The molecular formula is C14H16FNO2S. The van der Waals surface area contributed by atoms with Gasteiger partial charge >= 0.3 is 5.97 Å². The molecule has 1 aromatic rings. The third kappa shape index (κ3) is 3.67. The molecular weight excluding hydrogens is 265 g/mol. The highest BCUT2D eigenvalue weighted by Crippen LogP contribution is 2.26. The summed E-state index contributed by atoms with van der Waals surface area (Å²) >= 11 is 4.34. The number of benzene rings is 1. The van der Waals surface area contributed by atoms with Crippen molar-refractivity contribution in [1.29, 1.82) is 5.41 Å². The summed E-state index contributed by atoms with van der Waals surface area (Å²) in [6.07, 6.45) is 1.11. The Kier molecular flexibility index (Phi) is 5.30. The minimum absolute atomic E-state index is 0.102. The lowest BCUT2D eigenvalue weighted by Crippen LogP contribution is -2.04. The van der Waals surface area contributed by atoms with E-state index in [1.54, 1.807) is 0 Å². The van der Waals surface area contributed by atoms with Crippen LogP contribution < -0.4 is 0 Å². The number of carbonyl (C=O) groups excluding carboxylic acids is 1. The molecule has 0 spiro atoms. The fraction of sp³-hybridized carbons (Fsp3) is 0.286. The molecule has 0 fully saturated rings. The summed E-state index contributed by atoms with van der Waals surface area (Å²) in [6, 6.07) is 3.86. The third-order valence-corrected chi connectivity index (χ3v) is 3.35. The van der Waals surface area contributed by atoms with Crippen molar-refractivity contribution in [2.75, 3.05) is 7.11 Å². The van der Waals surface area contributed by atoms with Gasteiger partial charge in [0.05, 0.1) is 12.7 Å². The number of ether oxygens (including phenoxy) is 1. The maximum atomic E-state index is 13.6. The van der Waals surface area contributed by atoms with E-state index < -0.39 is 11.8 Å². The van der Waals surface area contributed by atoms with Gasteiger partial charge in [-0.1, -0.05) is 13.8 Å². The third-order valence-electron chi connectivity index (χ3n) is 2.60. The zero-order valence-electron chi connectivity index (χ0n) is 11.0. The van der Waals surface area contributed by atoms with Crippen LogP contribution in [0.4, 0.5) is 4.39 Å². The van der Waals surface area contributed by atoms with Crippen molar-refractivity contribution in [1.82, 2.24) is 0 Å². The number of allylic oxidation sites excluding steroid dienone is 2. The Morgan fingerprint density at radius 3 is 2.42 bits per heavy atom. The number of nitrogens with one attached hydrogen (secondary N) is 1. The molecule has 0 saturated carbocycles. The van der Waals surface area contributed by atoms with E-state index in [0.29, 0.717) is 16.0 Å². The first-order valence-electron chi connectivity index (χ1n) is 5.73. The van der Waals surface area contributed by atoms with E-state index in [1.165, 1.54) is 19.2 Å². The molecule has 0 aromatic heterocycles. The zero-order chi connectivity index (χ0) is 14.6. The summed E-state index contributed by atoms with van der Waals surface area (Å²) in [7, 11) is 1.23. The highest BCUT2D eigenvalue weighted by molar-refractivity contribution is 7.84. The molecule has 0 heterocycles. The molecule has 0 atom stereocenters. The van der Waals surface area contributed by atoms with E-state index in [2.05, 4.69) is 17.4 Å².